The van der Waals surface area contributed by atoms with Crippen molar-refractivity contribution in [2.24, 2.45) is 5.73 Å². The minimum absolute atomic E-state index is 0.387. The minimum Gasteiger partial charge on any atom is -0.366 e. The van der Waals surface area contributed by atoms with E-state index in [4.69, 9.17) is 5.73 Å². The maximum atomic E-state index is 11.2. The average molecular weight is 220 g/mol. The van der Waals surface area contributed by atoms with E-state index in [0.29, 0.717) is 5.56 Å². The molecule has 0 radical (unpaired) electrons. The van der Waals surface area contributed by atoms with Crippen LogP contribution in [0, 0.1) is 13.8 Å². The first-order chi connectivity index (χ1) is 7.57. The Morgan fingerprint density at radius 2 is 2.06 bits per heavy atom. The fraction of sp³-hybridized carbons (Fsp3) is 0.538. The van der Waals surface area contributed by atoms with Crippen molar-refractivity contribution in [2.75, 3.05) is 0 Å². The van der Waals surface area contributed by atoms with Crippen molar-refractivity contribution in [1.82, 2.24) is 4.98 Å². The molecule has 0 bridgehead atoms. The third kappa shape index (κ3) is 2.81. The van der Waals surface area contributed by atoms with E-state index in [-0.39, 0.29) is 5.91 Å². The van der Waals surface area contributed by atoms with E-state index < -0.39 is 0 Å². The predicted molar refractivity (Wildman–Crippen MR) is 65.5 cm³/mol. The second-order valence-corrected chi connectivity index (χ2v) is 4.18. The molecule has 1 heterocycles. The standard InChI is InChI=1S/C13H20N2O/c1-4-5-6-7-11-9(2)12(13(14)16)8-15-10(11)3/h8H,4-7H2,1-3H3,(H2,14,16). The molecular formula is C13H20N2O. The zero-order valence-electron chi connectivity index (χ0n) is 10.3. The van der Waals surface area contributed by atoms with Crippen LogP contribution in [0.3, 0.4) is 0 Å². The zero-order valence-corrected chi connectivity index (χ0v) is 10.3. The average Bonchev–Trinajstić information content (AvgIpc) is 2.22. The third-order valence-corrected chi connectivity index (χ3v) is 2.98. The van der Waals surface area contributed by atoms with Crippen LogP contribution in [0.2, 0.25) is 0 Å². The Morgan fingerprint density at radius 3 is 2.62 bits per heavy atom. The number of carbonyl (C=O) groups is 1. The second kappa shape index (κ2) is 5.64. The lowest BCUT2D eigenvalue weighted by molar-refractivity contribution is 0.0999. The van der Waals surface area contributed by atoms with Gasteiger partial charge >= 0.3 is 0 Å². The Morgan fingerprint density at radius 1 is 1.38 bits per heavy atom. The molecule has 1 aromatic heterocycles. The molecule has 0 saturated carbocycles. The molecule has 0 atom stereocenters. The monoisotopic (exact) mass is 220 g/mol. The molecule has 1 amide bonds. The number of hydrogen-bond donors (Lipinski definition) is 1. The van der Waals surface area contributed by atoms with Gasteiger partial charge in [0.05, 0.1) is 5.56 Å². The molecule has 0 aromatic carbocycles. The summed E-state index contributed by atoms with van der Waals surface area (Å²) < 4.78 is 0. The topological polar surface area (TPSA) is 56.0 Å². The summed E-state index contributed by atoms with van der Waals surface area (Å²) in [7, 11) is 0. The highest BCUT2D eigenvalue weighted by Crippen LogP contribution is 2.18. The zero-order chi connectivity index (χ0) is 12.1. The van der Waals surface area contributed by atoms with Crippen LogP contribution >= 0.6 is 0 Å². The Labute approximate surface area is 97.1 Å². The Balaban J connectivity index is 2.97. The van der Waals surface area contributed by atoms with E-state index in [9.17, 15) is 4.79 Å². The van der Waals surface area contributed by atoms with Crippen molar-refractivity contribution in [3.63, 3.8) is 0 Å². The van der Waals surface area contributed by atoms with Crippen LogP contribution in [0.5, 0.6) is 0 Å². The molecule has 1 rings (SSSR count). The fourth-order valence-electron chi connectivity index (χ4n) is 1.94. The van der Waals surface area contributed by atoms with Crippen LogP contribution in [0.15, 0.2) is 6.20 Å². The molecule has 0 aliphatic carbocycles. The van der Waals surface area contributed by atoms with E-state index in [1.54, 1.807) is 6.20 Å². The molecule has 2 N–H and O–H groups in total. The van der Waals surface area contributed by atoms with Crippen LogP contribution in [0.4, 0.5) is 0 Å². The van der Waals surface area contributed by atoms with Gasteiger partial charge in [0.1, 0.15) is 0 Å². The maximum absolute atomic E-state index is 11.2. The number of unbranched alkanes of at least 4 members (excludes halogenated alkanes) is 2. The van der Waals surface area contributed by atoms with Gasteiger partial charge in [-0.05, 0) is 37.8 Å². The van der Waals surface area contributed by atoms with Crippen LogP contribution in [0.1, 0.15) is 53.4 Å². The van der Waals surface area contributed by atoms with Gasteiger partial charge in [-0.15, -0.1) is 0 Å². The summed E-state index contributed by atoms with van der Waals surface area (Å²) in [6.07, 6.45) is 6.11. The maximum Gasteiger partial charge on any atom is 0.250 e. The predicted octanol–water partition coefficient (Wildman–Crippen LogP) is 2.53. The van der Waals surface area contributed by atoms with Crippen molar-refractivity contribution in [3.8, 4) is 0 Å². The van der Waals surface area contributed by atoms with Gasteiger partial charge in [-0.1, -0.05) is 19.8 Å². The number of carbonyl (C=O) groups excluding carboxylic acids is 1. The molecule has 0 saturated heterocycles. The molecule has 3 heteroatoms. The van der Waals surface area contributed by atoms with Crippen LogP contribution in [-0.4, -0.2) is 10.9 Å². The number of primary amides is 1. The van der Waals surface area contributed by atoms with Gasteiger partial charge in [-0.3, -0.25) is 9.78 Å². The summed E-state index contributed by atoms with van der Waals surface area (Å²) in [5.41, 5.74) is 9.06. The lowest BCUT2D eigenvalue weighted by atomic mass is 9.97. The van der Waals surface area contributed by atoms with Gasteiger partial charge in [0, 0.05) is 11.9 Å². The van der Waals surface area contributed by atoms with Gasteiger partial charge in [0.25, 0.3) is 5.91 Å². The summed E-state index contributed by atoms with van der Waals surface area (Å²) in [5, 5.41) is 0. The molecule has 0 aliphatic heterocycles. The molecule has 0 spiro atoms. The van der Waals surface area contributed by atoms with Gasteiger partial charge in [0.2, 0.25) is 0 Å². The van der Waals surface area contributed by atoms with Gasteiger partial charge in [-0.25, -0.2) is 0 Å². The Kier molecular flexibility index (Phi) is 4.47. The smallest absolute Gasteiger partial charge is 0.250 e. The van der Waals surface area contributed by atoms with Crippen LogP contribution in [-0.2, 0) is 6.42 Å². The first-order valence-electron chi connectivity index (χ1n) is 5.82. The number of aromatic nitrogens is 1. The van der Waals surface area contributed by atoms with Gasteiger partial charge in [0.15, 0.2) is 0 Å². The largest absolute Gasteiger partial charge is 0.366 e. The van der Waals surface area contributed by atoms with Crippen LogP contribution in [0.25, 0.3) is 0 Å². The van der Waals surface area contributed by atoms with Crippen LogP contribution < -0.4 is 5.73 Å². The summed E-state index contributed by atoms with van der Waals surface area (Å²) in [6.45, 7) is 6.12. The number of nitrogens with zero attached hydrogens (tertiary/aromatic N) is 1. The lowest BCUT2D eigenvalue weighted by Crippen LogP contribution is -2.15. The van der Waals surface area contributed by atoms with Crippen molar-refractivity contribution in [3.05, 3.63) is 28.6 Å². The number of nitrogens with two attached hydrogens (primary N) is 1. The van der Waals surface area contributed by atoms with Gasteiger partial charge < -0.3 is 5.73 Å². The first kappa shape index (κ1) is 12.7. The van der Waals surface area contributed by atoms with Crippen molar-refractivity contribution in [1.29, 1.82) is 0 Å². The SMILES string of the molecule is CCCCCc1c(C)ncc(C(N)=O)c1C. The van der Waals surface area contributed by atoms with E-state index in [2.05, 4.69) is 11.9 Å². The lowest BCUT2D eigenvalue weighted by Gasteiger charge is -2.11. The highest BCUT2D eigenvalue weighted by atomic mass is 16.1. The number of hydrogen-bond acceptors (Lipinski definition) is 2. The molecule has 0 unspecified atom stereocenters. The highest BCUT2D eigenvalue weighted by molar-refractivity contribution is 5.94. The van der Waals surface area contributed by atoms with E-state index in [1.807, 2.05) is 13.8 Å². The molecular weight excluding hydrogens is 200 g/mol. The second-order valence-electron chi connectivity index (χ2n) is 4.18. The summed E-state index contributed by atoms with van der Waals surface area (Å²) in [6, 6.07) is 0. The molecule has 16 heavy (non-hydrogen) atoms. The molecule has 0 aliphatic rings. The third-order valence-electron chi connectivity index (χ3n) is 2.98. The molecule has 0 fully saturated rings. The van der Waals surface area contributed by atoms with Crippen molar-refractivity contribution < 1.29 is 4.79 Å². The van der Waals surface area contributed by atoms with Gasteiger partial charge in [-0.2, -0.15) is 0 Å². The van der Waals surface area contributed by atoms with Crippen molar-refractivity contribution >= 4 is 5.91 Å². The highest BCUT2D eigenvalue weighted by Gasteiger charge is 2.11. The number of pyridine rings is 1. The molecule has 3 nitrogen and oxygen atoms in total. The first-order valence-corrected chi connectivity index (χ1v) is 5.82. The normalized spacial score (nSPS) is 10.4. The number of rotatable bonds is 5. The summed E-state index contributed by atoms with van der Waals surface area (Å²) in [4.78, 5) is 15.4. The van der Waals surface area contributed by atoms with E-state index in [0.717, 1.165) is 24.1 Å². The Bertz CT molecular complexity index is 386. The molecule has 1 aromatic rings. The Hall–Kier alpha value is -1.38. The fourth-order valence-corrected chi connectivity index (χ4v) is 1.94. The quantitative estimate of drug-likeness (QED) is 0.775. The summed E-state index contributed by atoms with van der Waals surface area (Å²) >= 11 is 0. The van der Waals surface area contributed by atoms with Crippen molar-refractivity contribution in [2.45, 2.75) is 46.5 Å². The molecule has 88 valence electrons. The minimum atomic E-state index is -0.387. The van der Waals surface area contributed by atoms with E-state index in [1.165, 1.54) is 18.4 Å². The van der Waals surface area contributed by atoms with E-state index >= 15 is 0 Å². The number of amides is 1. The number of aryl methyl sites for hydroxylation is 1. The summed E-state index contributed by atoms with van der Waals surface area (Å²) in [5.74, 6) is -0.387.